The number of hydrogen-bond acceptors (Lipinski definition) is 4. The molecule has 0 bridgehead atoms. The molecule has 1 aromatic rings. The Morgan fingerprint density at radius 2 is 1.82 bits per heavy atom. The second-order valence-corrected chi connectivity index (χ2v) is 7.15. The summed E-state index contributed by atoms with van der Waals surface area (Å²) < 4.78 is 51.8. The van der Waals surface area contributed by atoms with Crippen LogP contribution in [0.25, 0.3) is 0 Å². The third-order valence-corrected chi connectivity index (χ3v) is 5.24. The summed E-state index contributed by atoms with van der Waals surface area (Å²) in [6.45, 7) is 0. The van der Waals surface area contributed by atoms with Crippen LogP contribution in [0.4, 0.5) is 8.78 Å². The average molecular weight is 332 g/mol. The number of nitrogens with two attached hydrogens (primary N) is 1. The van der Waals surface area contributed by atoms with Gasteiger partial charge < -0.3 is 5.73 Å². The van der Waals surface area contributed by atoms with Crippen molar-refractivity contribution in [3.63, 3.8) is 0 Å². The normalized spacial score (nSPS) is 18.0. The fourth-order valence-corrected chi connectivity index (χ4v) is 3.64. The van der Waals surface area contributed by atoms with Crippen molar-refractivity contribution in [1.29, 1.82) is 0 Å². The Hall–Kier alpha value is -1.54. The molecule has 1 saturated carbocycles. The molecule has 122 valence electrons. The summed E-state index contributed by atoms with van der Waals surface area (Å²) in [4.78, 5) is 11.5. The molecule has 0 unspecified atom stereocenters. The molecule has 1 aliphatic rings. The van der Waals surface area contributed by atoms with Crippen molar-refractivity contribution in [2.45, 2.75) is 43.0 Å². The van der Waals surface area contributed by atoms with E-state index < -0.39 is 38.5 Å². The fourth-order valence-electron chi connectivity index (χ4n) is 2.61. The maximum Gasteiger partial charge on any atom is 0.264 e. The molecule has 1 fully saturated rings. The zero-order valence-corrected chi connectivity index (χ0v) is 12.7. The first-order valence-corrected chi connectivity index (χ1v) is 8.57. The van der Waals surface area contributed by atoms with Crippen molar-refractivity contribution in [2.24, 2.45) is 11.7 Å². The lowest BCUT2D eigenvalue weighted by Crippen LogP contribution is -2.47. The third kappa shape index (κ3) is 3.80. The number of hydrogen-bond donors (Lipinski definition) is 2. The molecule has 5 nitrogen and oxygen atoms in total. The Labute approximate surface area is 127 Å². The quantitative estimate of drug-likeness (QED) is 0.878. The van der Waals surface area contributed by atoms with Crippen LogP contribution in [0.15, 0.2) is 23.1 Å². The van der Waals surface area contributed by atoms with Crippen LogP contribution in [0.3, 0.4) is 0 Å². The van der Waals surface area contributed by atoms with E-state index in [-0.39, 0.29) is 5.92 Å². The van der Waals surface area contributed by atoms with Crippen LogP contribution < -0.4 is 10.5 Å². The largest absolute Gasteiger partial charge is 0.320 e. The molecule has 0 aliphatic heterocycles. The highest BCUT2D eigenvalue weighted by Gasteiger charge is 2.29. The molecule has 0 spiro atoms. The zero-order valence-electron chi connectivity index (χ0n) is 11.9. The number of sulfonamides is 1. The summed E-state index contributed by atoms with van der Waals surface area (Å²) in [7, 11) is -4.27. The van der Waals surface area contributed by atoms with E-state index in [0.717, 1.165) is 38.2 Å². The van der Waals surface area contributed by atoms with Gasteiger partial charge in [0, 0.05) is 0 Å². The highest BCUT2D eigenvalue weighted by Crippen LogP contribution is 2.26. The van der Waals surface area contributed by atoms with Gasteiger partial charge in [-0.15, -0.1) is 0 Å². The lowest BCUT2D eigenvalue weighted by Gasteiger charge is -2.26. The summed E-state index contributed by atoms with van der Waals surface area (Å²) in [6.07, 6.45) is 4.56. The zero-order chi connectivity index (χ0) is 16.3. The molecule has 1 atom stereocenters. The first-order valence-electron chi connectivity index (χ1n) is 7.08. The lowest BCUT2D eigenvalue weighted by molar-refractivity contribution is -0.122. The van der Waals surface area contributed by atoms with Crippen molar-refractivity contribution < 1.29 is 22.0 Å². The van der Waals surface area contributed by atoms with E-state index in [1.807, 2.05) is 4.72 Å². The molecule has 0 radical (unpaired) electrons. The van der Waals surface area contributed by atoms with Gasteiger partial charge in [0.15, 0.2) is 11.6 Å². The summed E-state index contributed by atoms with van der Waals surface area (Å²) in [5.74, 6) is -3.35. The van der Waals surface area contributed by atoms with E-state index in [4.69, 9.17) is 5.73 Å². The average Bonchev–Trinajstić information content (AvgIpc) is 2.49. The maximum absolute atomic E-state index is 13.1. The van der Waals surface area contributed by atoms with Crippen LogP contribution in [0, 0.1) is 17.6 Å². The summed E-state index contributed by atoms with van der Waals surface area (Å²) in [5.41, 5.74) is 5.82. The Balaban J connectivity index is 2.10. The van der Waals surface area contributed by atoms with Crippen molar-refractivity contribution in [3.8, 4) is 0 Å². The van der Waals surface area contributed by atoms with Gasteiger partial charge in [-0.3, -0.25) is 4.79 Å². The van der Waals surface area contributed by atoms with Crippen molar-refractivity contribution in [1.82, 2.24) is 4.72 Å². The van der Waals surface area contributed by atoms with Gasteiger partial charge in [0.05, 0.1) is 10.9 Å². The standard InChI is InChI=1S/C14H18F2N2O3S/c15-11-7-6-10(8-12(11)16)22(20,21)18-14(19)13(17)9-4-2-1-3-5-9/h6-9,13H,1-5,17H2,(H,18,19)/t13-/m1/s1. The van der Waals surface area contributed by atoms with Gasteiger partial charge in [0.25, 0.3) is 15.9 Å². The predicted molar refractivity (Wildman–Crippen MR) is 76.2 cm³/mol. The highest BCUT2D eigenvalue weighted by atomic mass is 32.2. The summed E-state index contributed by atoms with van der Waals surface area (Å²) >= 11 is 0. The number of amides is 1. The fraction of sp³-hybridized carbons (Fsp3) is 0.500. The van der Waals surface area contributed by atoms with E-state index >= 15 is 0 Å². The summed E-state index contributed by atoms with van der Waals surface area (Å²) in [6, 6.07) is 1.17. The molecule has 3 N–H and O–H groups in total. The van der Waals surface area contributed by atoms with Crippen LogP contribution in [-0.2, 0) is 14.8 Å². The highest BCUT2D eigenvalue weighted by molar-refractivity contribution is 7.90. The molecule has 1 amide bonds. The molecule has 0 aromatic heterocycles. The van der Waals surface area contributed by atoms with Gasteiger partial charge in [-0.25, -0.2) is 21.9 Å². The van der Waals surface area contributed by atoms with Gasteiger partial charge in [-0.1, -0.05) is 19.3 Å². The minimum atomic E-state index is -4.27. The van der Waals surface area contributed by atoms with Crippen LogP contribution in [0.1, 0.15) is 32.1 Å². The molecular formula is C14H18F2N2O3S. The third-order valence-electron chi connectivity index (χ3n) is 3.90. The maximum atomic E-state index is 13.1. The molecule has 0 saturated heterocycles. The van der Waals surface area contributed by atoms with E-state index in [1.54, 1.807) is 0 Å². The Morgan fingerprint density at radius 1 is 1.18 bits per heavy atom. The second kappa shape index (κ2) is 6.70. The number of nitrogens with one attached hydrogen (secondary N) is 1. The molecule has 2 rings (SSSR count). The first-order chi connectivity index (χ1) is 10.3. The number of carbonyl (C=O) groups excluding carboxylic acids is 1. The smallest absolute Gasteiger partial charge is 0.264 e. The topological polar surface area (TPSA) is 89.3 Å². The van der Waals surface area contributed by atoms with Crippen LogP contribution >= 0.6 is 0 Å². The minimum absolute atomic E-state index is 0.0612. The first kappa shape index (κ1) is 16.8. The van der Waals surface area contributed by atoms with Crippen molar-refractivity contribution >= 4 is 15.9 Å². The SMILES string of the molecule is N[C@@H](C(=O)NS(=O)(=O)c1ccc(F)c(F)c1)C1CCCCC1. The Bertz CT molecular complexity index is 658. The number of rotatable bonds is 4. The molecule has 8 heteroatoms. The van der Waals surface area contributed by atoms with Gasteiger partial charge in [0.2, 0.25) is 0 Å². The number of benzene rings is 1. The molecular weight excluding hydrogens is 314 g/mol. The summed E-state index contributed by atoms with van der Waals surface area (Å²) in [5, 5.41) is 0. The molecule has 1 aliphatic carbocycles. The Kier molecular flexibility index (Phi) is 5.12. The van der Waals surface area contributed by atoms with Crippen LogP contribution in [0.5, 0.6) is 0 Å². The van der Waals surface area contributed by atoms with Gasteiger partial charge in [0.1, 0.15) is 0 Å². The van der Waals surface area contributed by atoms with E-state index in [2.05, 4.69) is 0 Å². The van der Waals surface area contributed by atoms with E-state index in [1.165, 1.54) is 0 Å². The second-order valence-electron chi connectivity index (χ2n) is 5.47. The number of halogens is 2. The number of carbonyl (C=O) groups is 1. The van der Waals surface area contributed by atoms with Crippen LogP contribution in [0.2, 0.25) is 0 Å². The molecule has 0 heterocycles. The minimum Gasteiger partial charge on any atom is -0.320 e. The van der Waals surface area contributed by atoms with E-state index in [0.29, 0.717) is 12.1 Å². The monoisotopic (exact) mass is 332 g/mol. The predicted octanol–water partition coefficient (Wildman–Crippen LogP) is 1.68. The van der Waals surface area contributed by atoms with Gasteiger partial charge >= 0.3 is 0 Å². The van der Waals surface area contributed by atoms with E-state index in [9.17, 15) is 22.0 Å². The van der Waals surface area contributed by atoms with Crippen LogP contribution in [-0.4, -0.2) is 20.4 Å². The molecule has 1 aromatic carbocycles. The molecule has 22 heavy (non-hydrogen) atoms. The Morgan fingerprint density at radius 3 is 2.41 bits per heavy atom. The lowest BCUT2D eigenvalue weighted by atomic mass is 9.84. The van der Waals surface area contributed by atoms with Crippen molar-refractivity contribution in [2.75, 3.05) is 0 Å². The van der Waals surface area contributed by atoms with Gasteiger partial charge in [-0.05, 0) is 37.0 Å². The van der Waals surface area contributed by atoms with Gasteiger partial charge in [-0.2, -0.15) is 0 Å². The van der Waals surface area contributed by atoms with Crippen molar-refractivity contribution in [3.05, 3.63) is 29.8 Å².